The van der Waals surface area contributed by atoms with Crippen LogP contribution in [0.15, 0.2) is 87.9 Å². The Morgan fingerprint density at radius 1 is 0.787 bits per heavy atom. The van der Waals surface area contributed by atoms with Crippen molar-refractivity contribution in [2.24, 2.45) is 0 Å². The molecular formula is C37H31Br2N7S. The topological polar surface area (TPSA) is 105 Å². The number of hydrogen-bond acceptors (Lipinski definition) is 6. The van der Waals surface area contributed by atoms with Crippen LogP contribution in [0.25, 0.3) is 32.0 Å². The molecule has 0 saturated carbocycles. The van der Waals surface area contributed by atoms with Gasteiger partial charge in [0.2, 0.25) is 0 Å². The Bertz CT molecular complexity index is 2250. The van der Waals surface area contributed by atoms with Crippen molar-refractivity contribution >= 4 is 86.2 Å². The first kappa shape index (κ1) is 30.2. The van der Waals surface area contributed by atoms with Gasteiger partial charge in [0.25, 0.3) is 0 Å². The van der Waals surface area contributed by atoms with E-state index in [0.717, 1.165) is 57.5 Å². The first-order valence-corrected chi connectivity index (χ1v) is 18.3. The standard InChI is InChI=1S/C19H16BrN3S.C18H15BrN4/c20-11-8-9-14-13(10-11)12-4-3-6-16(18(12)21-14)23-19-22-15-5-1-2-7-17(15)24-19;19-12-5-6-15-14(8-12)13-2-1-3-16(18(13)23-15)22-17-7-4-11(9-20)10-21-17/h1-2,5,7-10,16,21H,3-4,6H2,(H,22,23);4-8,10,16,23H,1-3H2,(H,21,22). The van der Waals surface area contributed by atoms with E-state index in [2.05, 4.69) is 118 Å². The van der Waals surface area contributed by atoms with E-state index in [1.165, 1.54) is 55.4 Å². The van der Waals surface area contributed by atoms with Crippen molar-refractivity contribution in [2.75, 3.05) is 10.6 Å². The van der Waals surface area contributed by atoms with Crippen molar-refractivity contribution in [1.82, 2.24) is 19.9 Å². The molecule has 47 heavy (non-hydrogen) atoms. The van der Waals surface area contributed by atoms with Crippen molar-refractivity contribution < 1.29 is 0 Å². The van der Waals surface area contributed by atoms with Gasteiger partial charge in [-0.25, -0.2) is 9.97 Å². The number of nitrogens with one attached hydrogen (secondary N) is 4. The summed E-state index contributed by atoms with van der Waals surface area (Å²) in [5.74, 6) is 0.807. The molecule has 0 aliphatic heterocycles. The molecular weight excluding hydrogens is 734 g/mol. The molecule has 4 N–H and O–H groups in total. The van der Waals surface area contributed by atoms with Gasteiger partial charge in [-0.2, -0.15) is 5.26 Å². The number of hydrogen-bond donors (Lipinski definition) is 4. The number of nitrogens with zero attached hydrogens (tertiary/aromatic N) is 3. The fraction of sp³-hybridized carbons (Fsp3) is 0.216. The Morgan fingerprint density at radius 3 is 2.02 bits per heavy atom. The Kier molecular flexibility index (Phi) is 8.22. The lowest BCUT2D eigenvalue weighted by Gasteiger charge is -2.24. The molecule has 4 aromatic heterocycles. The van der Waals surface area contributed by atoms with Gasteiger partial charge in [0, 0.05) is 48.3 Å². The predicted molar refractivity (Wildman–Crippen MR) is 199 cm³/mol. The van der Waals surface area contributed by atoms with Gasteiger partial charge >= 0.3 is 0 Å². The van der Waals surface area contributed by atoms with Crippen molar-refractivity contribution in [2.45, 2.75) is 50.6 Å². The van der Waals surface area contributed by atoms with Gasteiger partial charge in [-0.15, -0.1) is 0 Å². The molecule has 234 valence electrons. The number of aryl methyl sites for hydroxylation is 2. The lowest BCUT2D eigenvalue weighted by Crippen LogP contribution is -2.17. The van der Waals surface area contributed by atoms with Crippen LogP contribution in [0, 0.1) is 11.3 Å². The number of benzene rings is 3. The molecule has 9 rings (SSSR count). The average Bonchev–Trinajstić information content (AvgIpc) is 3.79. The maximum atomic E-state index is 8.86. The molecule has 2 aliphatic carbocycles. The SMILES string of the molecule is Brc1ccc2[nH]c3c(c2c1)CCCC3Nc1nc2ccccc2s1.N#Cc1ccc(NC2CCCc3c2[nH]c2ccc(Br)cc32)nc1. The number of thiazole rings is 1. The van der Waals surface area contributed by atoms with Crippen molar-refractivity contribution in [3.63, 3.8) is 0 Å². The van der Waals surface area contributed by atoms with Gasteiger partial charge in [0.05, 0.1) is 27.9 Å². The summed E-state index contributed by atoms with van der Waals surface area (Å²) in [6.45, 7) is 0. The summed E-state index contributed by atoms with van der Waals surface area (Å²) in [5.41, 5.74) is 9.50. The number of rotatable bonds is 4. The number of aromatic amines is 2. The minimum absolute atomic E-state index is 0.227. The highest BCUT2D eigenvalue weighted by Gasteiger charge is 2.26. The zero-order chi connectivity index (χ0) is 31.9. The lowest BCUT2D eigenvalue weighted by molar-refractivity contribution is 0.591. The Balaban J connectivity index is 0.000000138. The highest BCUT2D eigenvalue weighted by molar-refractivity contribution is 9.10. The van der Waals surface area contributed by atoms with E-state index < -0.39 is 0 Å². The van der Waals surface area contributed by atoms with Crippen LogP contribution in [-0.2, 0) is 12.8 Å². The summed E-state index contributed by atoms with van der Waals surface area (Å²) < 4.78 is 3.48. The number of halogens is 2. The third kappa shape index (κ3) is 6.04. The zero-order valence-electron chi connectivity index (χ0n) is 25.4. The van der Waals surface area contributed by atoms with Crippen molar-refractivity contribution in [3.8, 4) is 6.07 Å². The lowest BCUT2D eigenvalue weighted by atomic mass is 9.91. The fourth-order valence-corrected chi connectivity index (χ4v) is 8.61. The van der Waals surface area contributed by atoms with E-state index in [1.807, 2.05) is 12.1 Å². The summed E-state index contributed by atoms with van der Waals surface area (Å²) in [6, 6.07) is 27.5. The van der Waals surface area contributed by atoms with Crippen LogP contribution in [0.4, 0.5) is 10.9 Å². The normalized spacial score (nSPS) is 17.0. The van der Waals surface area contributed by atoms with Gasteiger partial charge in [-0.05, 0) is 110 Å². The minimum atomic E-state index is 0.227. The molecule has 0 bridgehead atoms. The molecule has 7 nitrogen and oxygen atoms in total. The van der Waals surface area contributed by atoms with Crippen LogP contribution in [0.3, 0.4) is 0 Å². The minimum Gasteiger partial charge on any atom is -0.362 e. The van der Waals surface area contributed by atoms with Gasteiger partial charge in [-0.3, -0.25) is 0 Å². The monoisotopic (exact) mass is 763 g/mol. The highest BCUT2D eigenvalue weighted by atomic mass is 79.9. The zero-order valence-corrected chi connectivity index (χ0v) is 29.4. The Morgan fingerprint density at radius 2 is 1.43 bits per heavy atom. The number of aromatic nitrogens is 4. The molecule has 0 amide bonds. The fourth-order valence-electron chi connectivity index (χ4n) is 6.97. The predicted octanol–water partition coefficient (Wildman–Crippen LogP) is 10.7. The van der Waals surface area contributed by atoms with Gasteiger partial charge in [-0.1, -0.05) is 55.3 Å². The second kappa shape index (κ2) is 12.8. The molecule has 0 fully saturated rings. The molecule has 2 atom stereocenters. The van der Waals surface area contributed by atoms with E-state index in [-0.39, 0.29) is 6.04 Å². The summed E-state index contributed by atoms with van der Waals surface area (Å²) in [4.78, 5) is 16.3. The van der Waals surface area contributed by atoms with Crippen molar-refractivity contribution in [1.29, 1.82) is 5.26 Å². The van der Waals surface area contributed by atoms with E-state index >= 15 is 0 Å². The summed E-state index contributed by atoms with van der Waals surface area (Å²) >= 11 is 8.89. The third-order valence-electron chi connectivity index (χ3n) is 9.14. The second-order valence-electron chi connectivity index (χ2n) is 12.1. The van der Waals surface area contributed by atoms with Gasteiger partial charge < -0.3 is 20.6 Å². The average molecular weight is 766 g/mol. The van der Waals surface area contributed by atoms with E-state index in [1.54, 1.807) is 23.6 Å². The maximum Gasteiger partial charge on any atom is 0.184 e. The molecule has 3 aromatic carbocycles. The maximum absolute atomic E-state index is 8.86. The van der Waals surface area contributed by atoms with Gasteiger partial charge in [0.1, 0.15) is 11.9 Å². The van der Waals surface area contributed by atoms with E-state index in [0.29, 0.717) is 11.6 Å². The van der Waals surface area contributed by atoms with Crippen LogP contribution in [0.1, 0.15) is 65.8 Å². The number of fused-ring (bicyclic) bond motifs is 7. The van der Waals surface area contributed by atoms with E-state index in [4.69, 9.17) is 10.2 Å². The summed E-state index contributed by atoms with van der Waals surface area (Å²) in [5, 5.41) is 19.7. The van der Waals surface area contributed by atoms with Crippen LogP contribution < -0.4 is 10.6 Å². The molecule has 4 heterocycles. The summed E-state index contributed by atoms with van der Waals surface area (Å²) in [7, 11) is 0. The Hall–Kier alpha value is -4.17. The van der Waals surface area contributed by atoms with Crippen LogP contribution >= 0.6 is 43.2 Å². The number of anilines is 2. The highest BCUT2D eigenvalue weighted by Crippen LogP contribution is 2.39. The Labute approximate surface area is 293 Å². The number of nitriles is 1. The molecule has 2 unspecified atom stereocenters. The molecule has 7 aromatic rings. The largest absolute Gasteiger partial charge is 0.362 e. The first-order chi connectivity index (χ1) is 23.0. The van der Waals surface area contributed by atoms with Crippen molar-refractivity contribution in [3.05, 3.63) is 116 Å². The smallest absolute Gasteiger partial charge is 0.184 e. The molecule has 0 radical (unpaired) electrons. The van der Waals surface area contributed by atoms with Gasteiger partial charge in [0.15, 0.2) is 5.13 Å². The quantitative estimate of drug-likeness (QED) is 0.143. The molecule has 2 aliphatic rings. The second-order valence-corrected chi connectivity index (χ2v) is 15.0. The van der Waals surface area contributed by atoms with Crippen LogP contribution in [0.2, 0.25) is 0 Å². The molecule has 0 spiro atoms. The number of H-pyrrole nitrogens is 2. The number of para-hydroxylation sites is 1. The molecule has 0 saturated heterocycles. The first-order valence-electron chi connectivity index (χ1n) is 15.9. The van der Waals surface area contributed by atoms with Crippen LogP contribution in [0.5, 0.6) is 0 Å². The summed E-state index contributed by atoms with van der Waals surface area (Å²) in [6.07, 6.45) is 8.41. The number of pyridine rings is 1. The third-order valence-corrected chi connectivity index (χ3v) is 11.1. The van der Waals surface area contributed by atoms with Crippen LogP contribution in [-0.4, -0.2) is 19.9 Å². The van der Waals surface area contributed by atoms with E-state index in [9.17, 15) is 0 Å². The molecule has 10 heteroatoms.